The van der Waals surface area contributed by atoms with Gasteiger partial charge in [-0.2, -0.15) is 5.26 Å². The number of nitrogens with zero attached hydrogens (tertiary/aromatic N) is 1. The highest BCUT2D eigenvalue weighted by Crippen LogP contribution is 2.39. The summed E-state index contributed by atoms with van der Waals surface area (Å²) in [4.78, 5) is 0. The Kier molecular flexibility index (Phi) is 2.38. The molecular weight excluding hydrogens is 206 g/mol. The Morgan fingerprint density at radius 3 is 2.69 bits per heavy atom. The van der Waals surface area contributed by atoms with E-state index in [0.717, 1.165) is 0 Å². The van der Waals surface area contributed by atoms with Crippen LogP contribution in [0.5, 0.6) is 5.75 Å². The predicted molar refractivity (Wildman–Crippen MR) is 56.8 cm³/mol. The molecule has 1 aromatic rings. The van der Waals surface area contributed by atoms with Crippen molar-refractivity contribution in [1.29, 1.82) is 5.26 Å². The van der Waals surface area contributed by atoms with Gasteiger partial charge in [0.25, 0.3) is 0 Å². The second-order valence-electron chi connectivity index (χ2n) is 4.46. The highest BCUT2D eigenvalue weighted by atomic mass is 16.5. The topological polar surface area (TPSA) is 73.5 Å². The minimum atomic E-state index is -1.02. The predicted octanol–water partition coefficient (Wildman–Crippen LogP) is 1.12. The van der Waals surface area contributed by atoms with Gasteiger partial charge < -0.3 is 14.9 Å². The molecule has 2 rings (SSSR count). The standard InChI is InChI=1S/C12H13NO3/c1-12(2)11(15)10(14)8-5-7(6-13)3-4-9(8)16-12/h3-5,10-11,14-15H,1-2H3/t10-,11+/m1/s1. The van der Waals surface area contributed by atoms with Crippen LogP contribution in [-0.4, -0.2) is 21.9 Å². The largest absolute Gasteiger partial charge is 0.485 e. The number of fused-ring (bicyclic) bond motifs is 1. The van der Waals surface area contributed by atoms with E-state index in [1.807, 2.05) is 6.07 Å². The summed E-state index contributed by atoms with van der Waals surface area (Å²) in [5, 5.41) is 28.6. The van der Waals surface area contributed by atoms with Gasteiger partial charge in [-0.3, -0.25) is 0 Å². The minimum absolute atomic E-state index is 0.438. The summed E-state index contributed by atoms with van der Waals surface area (Å²) in [5.41, 5.74) is 0.0693. The third-order valence-electron chi connectivity index (χ3n) is 2.84. The molecule has 0 radical (unpaired) electrons. The van der Waals surface area contributed by atoms with Crippen LogP contribution in [0.15, 0.2) is 18.2 Å². The molecule has 0 aromatic heterocycles. The van der Waals surface area contributed by atoms with Gasteiger partial charge in [-0.15, -0.1) is 0 Å². The molecule has 2 N–H and O–H groups in total. The molecule has 84 valence electrons. The first kappa shape index (κ1) is 10.9. The molecule has 4 heteroatoms. The first-order chi connectivity index (χ1) is 7.45. The van der Waals surface area contributed by atoms with Crippen molar-refractivity contribution < 1.29 is 14.9 Å². The zero-order chi connectivity index (χ0) is 11.9. The number of hydrogen-bond acceptors (Lipinski definition) is 4. The monoisotopic (exact) mass is 219 g/mol. The zero-order valence-corrected chi connectivity index (χ0v) is 9.14. The molecule has 0 aliphatic carbocycles. The van der Waals surface area contributed by atoms with Crippen LogP contribution in [0.25, 0.3) is 0 Å². The number of ether oxygens (including phenoxy) is 1. The van der Waals surface area contributed by atoms with Crippen LogP contribution >= 0.6 is 0 Å². The number of rotatable bonds is 0. The minimum Gasteiger partial charge on any atom is -0.485 e. The molecule has 16 heavy (non-hydrogen) atoms. The van der Waals surface area contributed by atoms with Gasteiger partial charge in [-0.05, 0) is 32.0 Å². The number of aliphatic hydroxyl groups is 2. The van der Waals surface area contributed by atoms with Crippen LogP contribution < -0.4 is 4.74 Å². The molecule has 1 aliphatic heterocycles. The molecule has 1 heterocycles. The first-order valence-corrected chi connectivity index (χ1v) is 5.05. The van der Waals surface area contributed by atoms with E-state index in [1.54, 1.807) is 32.0 Å². The number of aliphatic hydroxyl groups excluding tert-OH is 2. The second kappa shape index (κ2) is 3.48. The van der Waals surface area contributed by atoms with Gasteiger partial charge in [-0.1, -0.05) is 0 Å². The van der Waals surface area contributed by atoms with Crippen molar-refractivity contribution in [2.75, 3.05) is 0 Å². The van der Waals surface area contributed by atoms with Gasteiger partial charge >= 0.3 is 0 Å². The van der Waals surface area contributed by atoms with Crippen LogP contribution in [0.4, 0.5) is 0 Å². The van der Waals surface area contributed by atoms with Crippen LogP contribution in [0.3, 0.4) is 0 Å². The lowest BCUT2D eigenvalue weighted by molar-refractivity contribution is -0.111. The lowest BCUT2D eigenvalue weighted by atomic mass is 9.88. The SMILES string of the molecule is CC1(C)Oc2ccc(C#N)cc2[C@@H](O)[C@@H]1O. The quantitative estimate of drug-likeness (QED) is 0.685. The Morgan fingerprint density at radius 1 is 1.38 bits per heavy atom. The first-order valence-electron chi connectivity index (χ1n) is 5.05. The zero-order valence-electron chi connectivity index (χ0n) is 9.14. The maximum atomic E-state index is 9.95. The molecule has 0 unspecified atom stereocenters. The average molecular weight is 219 g/mol. The summed E-state index contributed by atoms with van der Waals surface area (Å²) < 4.78 is 5.58. The molecule has 0 fully saturated rings. The third kappa shape index (κ3) is 1.54. The Hall–Kier alpha value is -1.57. The number of hydrogen-bond donors (Lipinski definition) is 2. The van der Waals surface area contributed by atoms with Crippen LogP contribution in [0, 0.1) is 11.3 Å². The van der Waals surface area contributed by atoms with Crippen molar-refractivity contribution in [3.8, 4) is 11.8 Å². The Bertz CT molecular complexity index is 462. The normalized spacial score (nSPS) is 26.4. The van der Waals surface area contributed by atoms with E-state index in [1.165, 1.54) is 0 Å². The summed E-state index contributed by atoms with van der Waals surface area (Å²) >= 11 is 0. The summed E-state index contributed by atoms with van der Waals surface area (Å²) in [7, 11) is 0. The van der Waals surface area contributed by atoms with Crippen LogP contribution in [-0.2, 0) is 0 Å². The molecule has 0 spiro atoms. The van der Waals surface area contributed by atoms with Gasteiger partial charge in [0.05, 0.1) is 11.6 Å². The van der Waals surface area contributed by atoms with E-state index in [0.29, 0.717) is 16.9 Å². The lowest BCUT2D eigenvalue weighted by Crippen LogP contribution is -2.48. The molecular formula is C12H13NO3. The molecule has 2 atom stereocenters. The van der Waals surface area contributed by atoms with E-state index in [2.05, 4.69) is 0 Å². The maximum absolute atomic E-state index is 9.95. The Morgan fingerprint density at radius 2 is 2.06 bits per heavy atom. The van der Waals surface area contributed by atoms with Crippen molar-refractivity contribution in [2.24, 2.45) is 0 Å². The van der Waals surface area contributed by atoms with Gasteiger partial charge in [0.2, 0.25) is 0 Å². The van der Waals surface area contributed by atoms with Gasteiger partial charge in [-0.25, -0.2) is 0 Å². The van der Waals surface area contributed by atoms with E-state index >= 15 is 0 Å². The Balaban J connectivity index is 2.52. The Labute approximate surface area is 93.7 Å². The van der Waals surface area contributed by atoms with Gasteiger partial charge in [0.15, 0.2) is 0 Å². The fourth-order valence-corrected chi connectivity index (χ4v) is 1.84. The maximum Gasteiger partial charge on any atom is 0.132 e. The highest BCUT2D eigenvalue weighted by molar-refractivity contribution is 5.45. The second-order valence-corrected chi connectivity index (χ2v) is 4.46. The van der Waals surface area contributed by atoms with Crippen LogP contribution in [0.1, 0.15) is 31.1 Å². The smallest absolute Gasteiger partial charge is 0.132 e. The van der Waals surface area contributed by atoms with Crippen molar-refractivity contribution in [3.63, 3.8) is 0 Å². The summed E-state index contributed by atoms with van der Waals surface area (Å²) in [6.45, 7) is 3.42. The average Bonchev–Trinajstić information content (AvgIpc) is 2.25. The van der Waals surface area contributed by atoms with Crippen molar-refractivity contribution in [1.82, 2.24) is 0 Å². The van der Waals surface area contributed by atoms with Gasteiger partial charge in [0, 0.05) is 5.56 Å². The summed E-state index contributed by atoms with van der Waals surface area (Å²) in [6, 6.07) is 6.79. The summed E-state index contributed by atoms with van der Waals surface area (Å²) in [5.74, 6) is 0.516. The fraction of sp³-hybridized carbons (Fsp3) is 0.417. The van der Waals surface area contributed by atoms with Crippen LogP contribution in [0.2, 0.25) is 0 Å². The van der Waals surface area contributed by atoms with E-state index in [9.17, 15) is 10.2 Å². The van der Waals surface area contributed by atoms with E-state index in [4.69, 9.17) is 10.00 Å². The molecule has 0 saturated heterocycles. The van der Waals surface area contributed by atoms with Gasteiger partial charge in [0.1, 0.15) is 23.6 Å². The fourth-order valence-electron chi connectivity index (χ4n) is 1.84. The number of nitriles is 1. The molecule has 0 bridgehead atoms. The van der Waals surface area contributed by atoms with Crippen molar-refractivity contribution >= 4 is 0 Å². The number of benzene rings is 1. The third-order valence-corrected chi connectivity index (χ3v) is 2.84. The molecule has 1 aliphatic rings. The van der Waals surface area contributed by atoms with Crippen molar-refractivity contribution in [3.05, 3.63) is 29.3 Å². The molecule has 4 nitrogen and oxygen atoms in total. The molecule has 0 saturated carbocycles. The van der Waals surface area contributed by atoms with E-state index < -0.39 is 17.8 Å². The van der Waals surface area contributed by atoms with E-state index in [-0.39, 0.29) is 0 Å². The molecule has 1 aromatic carbocycles. The van der Waals surface area contributed by atoms with Crippen molar-refractivity contribution in [2.45, 2.75) is 31.7 Å². The summed E-state index contributed by atoms with van der Waals surface area (Å²) in [6.07, 6.45) is -2.03. The molecule has 0 amide bonds. The highest BCUT2D eigenvalue weighted by Gasteiger charge is 2.42. The lowest BCUT2D eigenvalue weighted by Gasteiger charge is -2.40.